The monoisotopic (exact) mass is 285 g/mol. The van der Waals surface area contributed by atoms with Gasteiger partial charge in [0, 0.05) is 25.0 Å². The molecule has 0 heterocycles. The molecule has 0 aromatic rings. The molecule has 0 bridgehead atoms. The summed E-state index contributed by atoms with van der Waals surface area (Å²) in [6.45, 7) is 0.838. The second-order valence-electron chi connectivity index (χ2n) is 3.34. The smallest absolute Gasteiger partial charge is 0.216 e. The summed E-state index contributed by atoms with van der Waals surface area (Å²) < 4.78 is 30.0. The van der Waals surface area contributed by atoms with Crippen molar-refractivity contribution in [1.29, 1.82) is 0 Å². The molecule has 4 nitrogen and oxygen atoms in total. The van der Waals surface area contributed by atoms with Gasteiger partial charge in [-0.3, -0.25) is 0 Å². The minimum absolute atomic E-state index is 0.0903. The third-order valence-corrected chi connectivity index (χ3v) is 4.39. The molecule has 1 rings (SSSR count). The lowest BCUT2D eigenvalue weighted by atomic mass is 10.6. The summed E-state index contributed by atoms with van der Waals surface area (Å²) in [6.07, 6.45) is 2.00. The van der Waals surface area contributed by atoms with E-state index in [1.54, 1.807) is 4.31 Å². The SMILES string of the molecule is COCCS(=O)(=O)N(CCBr)C1CC1. The first-order valence-electron chi connectivity index (χ1n) is 4.66. The molecule has 0 aromatic heterocycles. The maximum atomic E-state index is 11.8. The normalized spacial score (nSPS) is 17.6. The first-order chi connectivity index (χ1) is 6.61. The van der Waals surface area contributed by atoms with E-state index in [2.05, 4.69) is 15.9 Å². The molecular weight excluding hydrogens is 270 g/mol. The van der Waals surface area contributed by atoms with E-state index in [0.717, 1.165) is 12.8 Å². The van der Waals surface area contributed by atoms with Gasteiger partial charge in [0.15, 0.2) is 0 Å². The number of hydrogen-bond acceptors (Lipinski definition) is 3. The molecule has 1 saturated carbocycles. The van der Waals surface area contributed by atoms with Gasteiger partial charge in [-0.15, -0.1) is 0 Å². The number of nitrogens with zero attached hydrogens (tertiary/aromatic N) is 1. The molecule has 84 valence electrons. The van der Waals surface area contributed by atoms with Crippen molar-refractivity contribution in [3.05, 3.63) is 0 Å². The molecule has 0 aliphatic heterocycles. The van der Waals surface area contributed by atoms with Crippen LogP contribution in [0.1, 0.15) is 12.8 Å². The molecule has 0 radical (unpaired) electrons. The number of hydrogen-bond donors (Lipinski definition) is 0. The van der Waals surface area contributed by atoms with Crippen molar-refractivity contribution in [3.8, 4) is 0 Å². The second kappa shape index (κ2) is 5.44. The average molecular weight is 286 g/mol. The van der Waals surface area contributed by atoms with Gasteiger partial charge in [0.1, 0.15) is 0 Å². The highest BCUT2D eigenvalue weighted by molar-refractivity contribution is 9.09. The number of methoxy groups -OCH3 is 1. The second-order valence-corrected chi connectivity index (χ2v) is 6.17. The third kappa shape index (κ3) is 3.49. The molecule has 0 amide bonds. The highest BCUT2D eigenvalue weighted by Crippen LogP contribution is 2.29. The Morgan fingerprint density at radius 1 is 1.50 bits per heavy atom. The molecule has 0 unspecified atom stereocenters. The lowest BCUT2D eigenvalue weighted by molar-refractivity contribution is 0.215. The minimum atomic E-state index is -3.11. The molecule has 1 aliphatic carbocycles. The van der Waals surface area contributed by atoms with Crippen molar-refractivity contribution < 1.29 is 13.2 Å². The fourth-order valence-corrected chi connectivity index (χ4v) is 3.56. The van der Waals surface area contributed by atoms with Crippen molar-refractivity contribution in [2.45, 2.75) is 18.9 Å². The highest BCUT2D eigenvalue weighted by Gasteiger charge is 2.36. The Morgan fingerprint density at radius 2 is 2.14 bits per heavy atom. The van der Waals surface area contributed by atoms with Crippen LogP contribution in [-0.4, -0.2) is 50.1 Å². The summed E-state index contributed by atoms with van der Waals surface area (Å²) in [5, 5.41) is 0.690. The Morgan fingerprint density at radius 3 is 2.57 bits per heavy atom. The number of alkyl halides is 1. The predicted molar refractivity (Wildman–Crippen MR) is 59.2 cm³/mol. The molecule has 1 aliphatic rings. The van der Waals surface area contributed by atoms with E-state index < -0.39 is 10.0 Å². The van der Waals surface area contributed by atoms with E-state index in [1.807, 2.05) is 0 Å². The number of halogens is 1. The maximum absolute atomic E-state index is 11.8. The van der Waals surface area contributed by atoms with Crippen LogP contribution < -0.4 is 0 Å². The quantitative estimate of drug-likeness (QED) is 0.651. The molecular formula is C8H16BrNO3S. The topological polar surface area (TPSA) is 46.6 Å². The summed E-state index contributed by atoms with van der Waals surface area (Å²) in [7, 11) is -1.59. The summed E-state index contributed by atoms with van der Waals surface area (Å²) in [5.74, 6) is 0.0903. The van der Waals surface area contributed by atoms with Crippen molar-refractivity contribution in [2.24, 2.45) is 0 Å². The van der Waals surface area contributed by atoms with Gasteiger partial charge in [0.25, 0.3) is 0 Å². The van der Waals surface area contributed by atoms with Crippen LogP contribution >= 0.6 is 15.9 Å². The van der Waals surface area contributed by atoms with Crippen molar-refractivity contribution in [2.75, 3.05) is 31.3 Å². The Bertz CT molecular complexity index is 264. The Balaban J connectivity index is 2.55. The summed E-state index contributed by atoms with van der Waals surface area (Å²) in [4.78, 5) is 0. The van der Waals surface area contributed by atoms with Gasteiger partial charge in [-0.05, 0) is 12.8 Å². The Kier molecular flexibility index (Phi) is 4.82. The van der Waals surface area contributed by atoms with Crippen molar-refractivity contribution in [3.63, 3.8) is 0 Å². The summed E-state index contributed by atoms with van der Waals surface area (Å²) in [6, 6.07) is 0.245. The fourth-order valence-electron chi connectivity index (χ4n) is 1.30. The van der Waals surface area contributed by atoms with E-state index in [-0.39, 0.29) is 18.4 Å². The van der Waals surface area contributed by atoms with Crippen LogP contribution in [0.3, 0.4) is 0 Å². The summed E-state index contributed by atoms with van der Waals surface area (Å²) in [5.41, 5.74) is 0. The lowest BCUT2D eigenvalue weighted by Gasteiger charge is -2.20. The molecule has 6 heteroatoms. The minimum Gasteiger partial charge on any atom is -0.384 e. The molecule has 0 N–H and O–H groups in total. The molecule has 0 saturated heterocycles. The zero-order valence-electron chi connectivity index (χ0n) is 8.28. The van der Waals surface area contributed by atoms with Crippen LogP contribution in [0.4, 0.5) is 0 Å². The van der Waals surface area contributed by atoms with Crippen LogP contribution in [0.5, 0.6) is 0 Å². The van der Waals surface area contributed by atoms with Gasteiger partial charge in [0.2, 0.25) is 10.0 Å². The molecule has 1 fully saturated rings. The van der Waals surface area contributed by atoms with E-state index in [9.17, 15) is 8.42 Å². The third-order valence-electron chi connectivity index (χ3n) is 2.16. The molecule has 0 spiro atoms. The van der Waals surface area contributed by atoms with Crippen LogP contribution in [0.15, 0.2) is 0 Å². The molecule has 0 aromatic carbocycles. The number of rotatable bonds is 7. The van der Waals surface area contributed by atoms with Gasteiger partial charge >= 0.3 is 0 Å². The summed E-state index contributed by atoms with van der Waals surface area (Å²) >= 11 is 3.27. The largest absolute Gasteiger partial charge is 0.384 e. The predicted octanol–water partition coefficient (Wildman–Crippen LogP) is 0.822. The van der Waals surface area contributed by atoms with Gasteiger partial charge in [0.05, 0.1) is 12.4 Å². The Hall–Kier alpha value is 0.350. The highest BCUT2D eigenvalue weighted by atomic mass is 79.9. The van der Waals surface area contributed by atoms with Gasteiger partial charge in [-0.2, -0.15) is 4.31 Å². The molecule has 0 atom stereocenters. The standard InChI is InChI=1S/C8H16BrNO3S/c1-13-6-7-14(11,12)10(5-4-9)8-2-3-8/h8H,2-7H2,1H3. The van der Waals surface area contributed by atoms with E-state index in [4.69, 9.17) is 4.74 Å². The number of ether oxygens (including phenoxy) is 1. The van der Waals surface area contributed by atoms with Gasteiger partial charge in [-0.25, -0.2) is 8.42 Å². The zero-order valence-corrected chi connectivity index (χ0v) is 10.7. The first-order valence-corrected chi connectivity index (χ1v) is 7.39. The fraction of sp³-hybridized carbons (Fsp3) is 1.00. The maximum Gasteiger partial charge on any atom is 0.216 e. The van der Waals surface area contributed by atoms with Crippen molar-refractivity contribution in [1.82, 2.24) is 4.31 Å². The molecule has 14 heavy (non-hydrogen) atoms. The van der Waals surface area contributed by atoms with E-state index >= 15 is 0 Å². The first kappa shape index (κ1) is 12.4. The van der Waals surface area contributed by atoms with Gasteiger partial charge in [-0.1, -0.05) is 15.9 Å². The number of sulfonamides is 1. The average Bonchev–Trinajstić information content (AvgIpc) is 2.94. The van der Waals surface area contributed by atoms with Crippen LogP contribution in [0.25, 0.3) is 0 Å². The van der Waals surface area contributed by atoms with Crippen LogP contribution in [0.2, 0.25) is 0 Å². The van der Waals surface area contributed by atoms with Crippen molar-refractivity contribution >= 4 is 26.0 Å². The van der Waals surface area contributed by atoms with Crippen LogP contribution in [0, 0.1) is 0 Å². The lowest BCUT2D eigenvalue weighted by Crippen LogP contribution is -2.37. The van der Waals surface area contributed by atoms with Crippen LogP contribution in [-0.2, 0) is 14.8 Å². The van der Waals surface area contributed by atoms with Gasteiger partial charge < -0.3 is 4.74 Å². The zero-order chi connectivity index (χ0) is 10.6. The van der Waals surface area contributed by atoms with E-state index in [0.29, 0.717) is 11.9 Å². The van der Waals surface area contributed by atoms with E-state index in [1.165, 1.54) is 7.11 Å². The Labute approximate surface area is 93.8 Å².